The molecule has 1 heterocycles. The molecule has 0 fully saturated rings. The van der Waals surface area contributed by atoms with Crippen molar-refractivity contribution in [2.24, 2.45) is 5.10 Å². The number of aryl methyl sites for hydroxylation is 1. The Balaban J connectivity index is 1.69. The van der Waals surface area contributed by atoms with E-state index in [-0.39, 0.29) is 12.2 Å². The van der Waals surface area contributed by atoms with Crippen molar-refractivity contribution in [1.82, 2.24) is 16.1 Å². The van der Waals surface area contributed by atoms with Gasteiger partial charge in [0.05, 0.1) is 38.7 Å². The quantitative estimate of drug-likeness (QED) is 0.156. The van der Waals surface area contributed by atoms with Crippen LogP contribution in [0.1, 0.15) is 36.6 Å². The first kappa shape index (κ1) is 27.3. The molecule has 0 aromatic heterocycles. The molecular weight excluding hydrogens is 480 g/mol. The molecule has 11 nitrogen and oxygen atoms in total. The van der Waals surface area contributed by atoms with Crippen LogP contribution in [-0.2, 0) is 9.53 Å². The number of aliphatic hydroxyl groups excluding tert-OH is 1. The molecule has 2 aromatic carbocycles. The number of benzene rings is 2. The highest BCUT2D eigenvalue weighted by Crippen LogP contribution is 2.34. The van der Waals surface area contributed by atoms with Crippen LogP contribution in [-0.4, -0.2) is 57.0 Å². The average Bonchev–Trinajstić information content (AvgIpc) is 2.87. The predicted molar refractivity (Wildman–Crippen MR) is 137 cm³/mol. The zero-order valence-electron chi connectivity index (χ0n) is 21.5. The van der Waals surface area contributed by atoms with Gasteiger partial charge in [0.1, 0.15) is 12.4 Å². The van der Waals surface area contributed by atoms with Crippen molar-refractivity contribution in [1.29, 1.82) is 0 Å². The summed E-state index contributed by atoms with van der Waals surface area (Å²) in [5.74, 6) is 0.985. The molecule has 0 radical (unpaired) electrons. The lowest BCUT2D eigenvalue weighted by atomic mass is 9.95. The summed E-state index contributed by atoms with van der Waals surface area (Å²) < 4.78 is 21.6. The van der Waals surface area contributed by atoms with E-state index in [1.807, 2.05) is 32.0 Å². The summed E-state index contributed by atoms with van der Waals surface area (Å²) >= 11 is 0. The molecule has 11 heteroatoms. The number of hydrazone groups is 1. The van der Waals surface area contributed by atoms with Crippen LogP contribution >= 0.6 is 0 Å². The molecule has 2 aromatic rings. The molecule has 0 spiro atoms. The molecule has 0 aliphatic carbocycles. The molecule has 0 saturated carbocycles. The van der Waals surface area contributed by atoms with Crippen LogP contribution in [0.4, 0.5) is 4.79 Å². The van der Waals surface area contributed by atoms with Gasteiger partial charge in [-0.2, -0.15) is 5.10 Å². The summed E-state index contributed by atoms with van der Waals surface area (Å²) in [6, 6.07) is 9.46. The topological polar surface area (TPSA) is 140 Å². The molecule has 0 saturated heterocycles. The number of nitrogens with zero attached hydrogens (tertiary/aromatic N) is 1. The van der Waals surface area contributed by atoms with E-state index in [1.54, 1.807) is 38.4 Å². The number of urea groups is 1. The first-order valence-corrected chi connectivity index (χ1v) is 11.6. The number of amides is 2. The zero-order valence-corrected chi connectivity index (χ0v) is 21.5. The fraction of sp³-hybridized carbons (Fsp3) is 0.346. The number of esters is 1. The Morgan fingerprint density at radius 1 is 1.14 bits per heavy atom. The van der Waals surface area contributed by atoms with Gasteiger partial charge in [-0.3, -0.25) is 5.43 Å². The van der Waals surface area contributed by atoms with Gasteiger partial charge in [0.25, 0.3) is 0 Å². The molecule has 2 amide bonds. The number of carbonyl (C=O) groups is 2. The van der Waals surface area contributed by atoms with E-state index in [2.05, 4.69) is 21.2 Å². The maximum atomic E-state index is 12.4. The number of rotatable bonds is 11. The molecule has 198 valence electrons. The monoisotopic (exact) mass is 512 g/mol. The summed E-state index contributed by atoms with van der Waals surface area (Å²) in [4.78, 5) is 24.4. The van der Waals surface area contributed by atoms with E-state index in [1.165, 1.54) is 7.11 Å². The van der Waals surface area contributed by atoms with Crippen molar-refractivity contribution in [2.75, 3.05) is 27.4 Å². The summed E-state index contributed by atoms with van der Waals surface area (Å²) in [7, 11) is 2.89. The number of allylic oxidation sites excluding steroid dienone is 1. The Kier molecular flexibility index (Phi) is 9.33. The number of nitrogens with one attached hydrogen (secondary N) is 3. The number of hydrogen-bond acceptors (Lipinski definition) is 9. The minimum absolute atomic E-state index is 0.116. The van der Waals surface area contributed by atoms with E-state index in [9.17, 15) is 14.7 Å². The first-order chi connectivity index (χ1) is 17.8. The van der Waals surface area contributed by atoms with E-state index in [4.69, 9.17) is 18.9 Å². The standard InChI is InChI=1S/C26H32N4O7/c1-6-36-21-12-18(24-23(25(32)35-5)16(3)28-26(33)29-24)8-10-20(21)37-14-22(31)30-27-13-17-7-9-19(34-4)15(2)11-17/h7-13,22,24,30-31H,6,14H2,1-5H3,(H2,28,29,33)/b27-13-/t22-,24+/m0/s1. The maximum absolute atomic E-state index is 12.4. The fourth-order valence-electron chi connectivity index (χ4n) is 3.80. The number of carbonyl (C=O) groups excluding carboxylic acids is 2. The molecular formula is C26H32N4O7. The summed E-state index contributed by atoms with van der Waals surface area (Å²) in [5.41, 5.74) is 5.71. The van der Waals surface area contributed by atoms with E-state index in [0.29, 0.717) is 29.4 Å². The Hall–Kier alpha value is -4.25. The summed E-state index contributed by atoms with van der Waals surface area (Å²) in [5, 5.41) is 19.6. The van der Waals surface area contributed by atoms with Crippen LogP contribution in [0.15, 0.2) is 52.8 Å². The van der Waals surface area contributed by atoms with Crippen LogP contribution in [0, 0.1) is 6.92 Å². The highest BCUT2D eigenvalue weighted by molar-refractivity contribution is 5.95. The summed E-state index contributed by atoms with van der Waals surface area (Å²) in [6.07, 6.45) is 0.489. The highest BCUT2D eigenvalue weighted by atomic mass is 16.5. The third-order valence-electron chi connectivity index (χ3n) is 5.53. The normalized spacial score (nSPS) is 16.1. The van der Waals surface area contributed by atoms with Gasteiger partial charge in [0, 0.05) is 5.70 Å². The minimum Gasteiger partial charge on any atom is -0.496 e. The molecule has 0 bridgehead atoms. The van der Waals surface area contributed by atoms with Crippen molar-refractivity contribution in [2.45, 2.75) is 33.0 Å². The molecule has 4 N–H and O–H groups in total. The molecule has 37 heavy (non-hydrogen) atoms. The van der Waals surface area contributed by atoms with Gasteiger partial charge < -0.3 is 34.7 Å². The van der Waals surface area contributed by atoms with E-state index >= 15 is 0 Å². The number of hydrogen-bond donors (Lipinski definition) is 4. The highest BCUT2D eigenvalue weighted by Gasteiger charge is 2.32. The second-order valence-electron chi connectivity index (χ2n) is 8.14. The Morgan fingerprint density at radius 3 is 2.57 bits per heavy atom. The van der Waals surface area contributed by atoms with Gasteiger partial charge in [-0.05, 0) is 67.8 Å². The Labute approximate surface area is 215 Å². The van der Waals surface area contributed by atoms with Crippen LogP contribution in [0.5, 0.6) is 17.2 Å². The zero-order chi connectivity index (χ0) is 26.9. The van der Waals surface area contributed by atoms with Gasteiger partial charge in [0.15, 0.2) is 17.7 Å². The van der Waals surface area contributed by atoms with Gasteiger partial charge in [-0.25, -0.2) is 9.59 Å². The predicted octanol–water partition coefficient (Wildman–Crippen LogP) is 2.52. The lowest BCUT2D eigenvalue weighted by molar-refractivity contribution is -0.136. The van der Waals surface area contributed by atoms with Crippen molar-refractivity contribution in [3.8, 4) is 17.2 Å². The van der Waals surface area contributed by atoms with Crippen molar-refractivity contribution < 1.29 is 33.6 Å². The number of aliphatic hydroxyl groups is 1. The lowest BCUT2D eigenvalue weighted by Gasteiger charge is -2.28. The van der Waals surface area contributed by atoms with E-state index < -0.39 is 24.3 Å². The SMILES string of the molecule is CCOc1cc([C@H]2NC(=O)NC(C)=C2C(=O)OC)ccc1OC[C@H](O)N/N=C\c1ccc(OC)c(C)c1. The second-order valence-corrected chi connectivity index (χ2v) is 8.14. The molecule has 2 atom stereocenters. The third kappa shape index (κ3) is 6.91. The smallest absolute Gasteiger partial charge is 0.337 e. The second kappa shape index (κ2) is 12.6. The molecule has 3 rings (SSSR count). The number of ether oxygens (including phenoxy) is 4. The average molecular weight is 513 g/mol. The number of methoxy groups -OCH3 is 2. The Bertz CT molecular complexity index is 1200. The van der Waals surface area contributed by atoms with Crippen LogP contribution < -0.4 is 30.3 Å². The van der Waals surface area contributed by atoms with E-state index in [0.717, 1.165) is 16.9 Å². The Morgan fingerprint density at radius 2 is 1.89 bits per heavy atom. The van der Waals surface area contributed by atoms with Crippen molar-refractivity contribution in [3.63, 3.8) is 0 Å². The van der Waals surface area contributed by atoms with Gasteiger partial charge in [-0.1, -0.05) is 6.07 Å². The van der Waals surface area contributed by atoms with Crippen molar-refractivity contribution in [3.05, 3.63) is 64.4 Å². The molecule has 1 aliphatic heterocycles. The first-order valence-electron chi connectivity index (χ1n) is 11.6. The molecule has 0 unspecified atom stereocenters. The van der Waals surface area contributed by atoms with Gasteiger partial charge in [0.2, 0.25) is 0 Å². The third-order valence-corrected chi connectivity index (χ3v) is 5.53. The van der Waals surface area contributed by atoms with Gasteiger partial charge in [-0.15, -0.1) is 0 Å². The molecule has 1 aliphatic rings. The summed E-state index contributed by atoms with van der Waals surface area (Å²) in [6.45, 7) is 5.61. The maximum Gasteiger partial charge on any atom is 0.337 e. The van der Waals surface area contributed by atoms with Crippen LogP contribution in [0.2, 0.25) is 0 Å². The van der Waals surface area contributed by atoms with Crippen LogP contribution in [0.25, 0.3) is 0 Å². The lowest BCUT2D eigenvalue weighted by Crippen LogP contribution is -2.45. The van der Waals surface area contributed by atoms with Crippen molar-refractivity contribution >= 4 is 18.2 Å². The minimum atomic E-state index is -1.09. The largest absolute Gasteiger partial charge is 0.496 e. The van der Waals surface area contributed by atoms with Gasteiger partial charge >= 0.3 is 12.0 Å². The van der Waals surface area contributed by atoms with Crippen LogP contribution in [0.3, 0.4) is 0 Å². The fourth-order valence-corrected chi connectivity index (χ4v) is 3.80.